The van der Waals surface area contributed by atoms with Gasteiger partial charge in [-0.25, -0.2) is 0 Å². The van der Waals surface area contributed by atoms with Crippen LogP contribution in [0.4, 0.5) is 0 Å². The zero-order valence-electron chi connectivity index (χ0n) is 9.03. The van der Waals surface area contributed by atoms with Gasteiger partial charge < -0.3 is 5.32 Å². The van der Waals surface area contributed by atoms with Gasteiger partial charge in [-0.05, 0) is 28.5 Å². The summed E-state index contributed by atoms with van der Waals surface area (Å²) in [5.74, 6) is 0.591. The van der Waals surface area contributed by atoms with E-state index in [1.165, 1.54) is 0 Å². The molecule has 0 radical (unpaired) electrons. The molecule has 5 heteroatoms. The molecule has 0 saturated carbocycles. The molecule has 0 aliphatic heterocycles. The SMILES string of the molecule is CC(C)CNC(=O)CCn1cc(I)cn1. The normalized spacial score (nSPS) is 10.7. The molecule has 0 unspecified atom stereocenters. The van der Waals surface area contributed by atoms with Crippen LogP contribution >= 0.6 is 22.6 Å². The molecule has 4 nitrogen and oxygen atoms in total. The highest BCUT2D eigenvalue weighted by molar-refractivity contribution is 14.1. The van der Waals surface area contributed by atoms with Crippen LogP contribution in [0.3, 0.4) is 0 Å². The lowest BCUT2D eigenvalue weighted by atomic mass is 10.2. The highest BCUT2D eigenvalue weighted by Crippen LogP contribution is 2.01. The third kappa shape index (κ3) is 5.15. The van der Waals surface area contributed by atoms with Gasteiger partial charge in [0, 0.05) is 25.7 Å². The van der Waals surface area contributed by atoms with Gasteiger partial charge in [-0.3, -0.25) is 9.48 Å². The van der Waals surface area contributed by atoms with Crippen LogP contribution in [-0.4, -0.2) is 22.2 Å². The van der Waals surface area contributed by atoms with Crippen LogP contribution < -0.4 is 5.32 Å². The Labute approximate surface area is 104 Å². The van der Waals surface area contributed by atoms with Crippen LogP contribution in [0.5, 0.6) is 0 Å². The summed E-state index contributed by atoms with van der Waals surface area (Å²) in [6.45, 7) is 5.55. The lowest BCUT2D eigenvalue weighted by Crippen LogP contribution is -2.28. The molecule has 15 heavy (non-hydrogen) atoms. The van der Waals surface area contributed by atoms with Crippen molar-refractivity contribution in [3.63, 3.8) is 0 Å². The number of amides is 1. The molecule has 0 fully saturated rings. The molecule has 0 bridgehead atoms. The average Bonchev–Trinajstić information content (AvgIpc) is 2.58. The number of nitrogens with zero attached hydrogens (tertiary/aromatic N) is 2. The Balaban J connectivity index is 2.22. The van der Waals surface area contributed by atoms with Crippen molar-refractivity contribution in [3.8, 4) is 0 Å². The maximum absolute atomic E-state index is 11.4. The van der Waals surface area contributed by atoms with Gasteiger partial charge in [-0.1, -0.05) is 13.8 Å². The second-order valence-corrected chi connectivity index (χ2v) is 5.12. The van der Waals surface area contributed by atoms with Gasteiger partial charge >= 0.3 is 0 Å². The zero-order chi connectivity index (χ0) is 11.3. The van der Waals surface area contributed by atoms with Crippen molar-refractivity contribution in [2.75, 3.05) is 6.54 Å². The van der Waals surface area contributed by atoms with Crippen molar-refractivity contribution in [2.24, 2.45) is 5.92 Å². The molecule has 0 saturated heterocycles. The molecule has 84 valence electrons. The van der Waals surface area contributed by atoms with Gasteiger partial charge in [0.1, 0.15) is 0 Å². The van der Waals surface area contributed by atoms with Gasteiger partial charge in [-0.15, -0.1) is 0 Å². The predicted molar refractivity (Wildman–Crippen MR) is 67.4 cm³/mol. The van der Waals surface area contributed by atoms with E-state index in [1.54, 1.807) is 10.9 Å². The number of aryl methyl sites for hydroxylation is 1. The summed E-state index contributed by atoms with van der Waals surface area (Å²) in [6.07, 6.45) is 4.20. The Morgan fingerprint density at radius 1 is 1.67 bits per heavy atom. The van der Waals surface area contributed by atoms with Crippen LogP contribution in [0.2, 0.25) is 0 Å². The summed E-state index contributed by atoms with van der Waals surface area (Å²) in [4.78, 5) is 11.4. The first-order chi connectivity index (χ1) is 7.08. The van der Waals surface area contributed by atoms with Crippen LogP contribution in [0.1, 0.15) is 20.3 Å². The van der Waals surface area contributed by atoms with E-state index in [0.29, 0.717) is 18.9 Å². The Kier molecular flexibility index (Phi) is 5.07. The largest absolute Gasteiger partial charge is 0.356 e. The number of carbonyl (C=O) groups excluding carboxylic acids is 1. The number of hydrogen-bond donors (Lipinski definition) is 1. The molecule has 1 N–H and O–H groups in total. The first-order valence-electron chi connectivity index (χ1n) is 5.02. The molecule has 1 aromatic rings. The van der Waals surface area contributed by atoms with Crippen LogP contribution in [0, 0.1) is 9.49 Å². The highest BCUT2D eigenvalue weighted by atomic mass is 127. The van der Waals surface area contributed by atoms with Crippen LogP contribution in [0.25, 0.3) is 0 Å². The van der Waals surface area contributed by atoms with E-state index in [4.69, 9.17) is 0 Å². The molecule has 0 aliphatic carbocycles. The minimum absolute atomic E-state index is 0.0919. The molecule has 0 aromatic carbocycles. The van der Waals surface area contributed by atoms with E-state index in [9.17, 15) is 4.79 Å². The highest BCUT2D eigenvalue weighted by Gasteiger charge is 2.03. The number of aromatic nitrogens is 2. The van der Waals surface area contributed by atoms with Crippen molar-refractivity contribution in [1.29, 1.82) is 0 Å². The van der Waals surface area contributed by atoms with Crippen LogP contribution in [-0.2, 0) is 11.3 Å². The smallest absolute Gasteiger partial charge is 0.221 e. The Morgan fingerprint density at radius 2 is 2.40 bits per heavy atom. The third-order valence-corrected chi connectivity index (χ3v) is 2.43. The molecule has 0 spiro atoms. The lowest BCUT2D eigenvalue weighted by Gasteiger charge is -2.07. The summed E-state index contributed by atoms with van der Waals surface area (Å²) in [5.41, 5.74) is 0. The van der Waals surface area contributed by atoms with E-state index < -0.39 is 0 Å². The van der Waals surface area contributed by atoms with Gasteiger partial charge in [0.05, 0.1) is 9.77 Å². The Hall–Kier alpha value is -0.590. The van der Waals surface area contributed by atoms with Gasteiger partial charge in [-0.2, -0.15) is 5.10 Å². The van der Waals surface area contributed by atoms with Gasteiger partial charge in [0.15, 0.2) is 0 Å². The fourth-order valence-corrected chi connectivity index (χ4v) is 1.53. The number of hydrogen-bond acceptors (Lipinski definition) is 2. The van der Waals surface area contributed by atoms with Crippen molar-refractivity contribution in [1.82, 2.24) is 15.1 Å². The molecule has 0 aliphatic rings. The summed E-state index contributed by atoms with van der Waals surface area (Å²) < 4.78 is 2.88. The number of carbonyl (C=O) groups is 1. The molecule has 1 heterocycles. The first-order valence-corrected chi connectivity index (χ1v) is 6.10. The molecular formula is C10H16IN3O. The van der Waals surface area contributed by atoms with Crippen molar-refractivity contribution < 1.29 is 4.79 Å². The summed E-state index contributed by atoms with van der Waals surface area (Å²) >= 11 is 2.20. The fourth-order valence-electron chi connectivity index (χ4n) is 1.08. The molecule has 1 aromatic heterocycles. The lowest BCUT2D eigenvalue weighted by molar-refractivity contribution is -0.121. The second-order valence-electron chi connectivity index (χ2n) is 3.87. The van der Waals surface area contributed by atoms with Crippen molar-refractivity contribution >= 4 is 28.5 Å². The van der Waals surface area contributed by atoms with E-state index in [-0.39, 0.29) is 5.91 Å². The fraction of sp³-hybridized carbons (Fsp3) is 0.600. The van der Waals surface area contributed by atoms with E-state index >= 15 is 0 Å². The summed E-state index contributed by atoms with van der Waals surface area (Å²) in [6, 6.07) is 0. The Bertz CT molecular complexity index is 322. The molecular weight excluding hydrogens is 305 g/mol. The maximum atomic E-state index is 11.4. The van der Waals surface area contributed by atoms with Gasteiger partial charge in [0.2, 0.25) is 5.91 Å². The number of rotatable bonds is 5. The van der Waals surface area contributed by atoms with E-state index in [1.807, 2.05) is 6.20 Å². The minimum atomic E-state index is 0.0919. The molecule has 0 atom stereocenters. The first kappa shape index (κ1) is 12.5. The molecule has 1 amide bonds. The van der Waals surface area contributed by atoms with E-state index in [0.717, 1.165) is 10.1 Å². The van der Waals surface area contributed by atoms with Crippen molar-refractivity contribution in [2.45, 2.75) is 26.8 Å². The quantitative estimate of drug-likeness (QED) is 0.839. The number of nitrogens with one attached hydrogen (secondary N) is 1. The second kappa shape index (κ2) is 6.09. The summed E-state index contributed by atoms with van der Waals surface area (Å²) in [5, 5.41) is 6.99. The van der Waals surface area contributed by atoms with Gasteiger partial charge in [0.25, 0.3) is 0 Å². The minimum Gasteiger partial charge on any atom is -0.356 e. The maximum Gasteiger partial charge on any atom is 0.221 e. The van der Waals surface area contributed by atoms with Crippen molar-refractivity contribution in [3.05, 3.63) is 16.0 Å². The Morgan fingerprint density at radius 3 is 2.93 bits per heavy atom. The molecule has 1 rings (SSSR count). The van der Waals surface area contributed by atoms with Crippen LogP contribution in [0.15, 0.2) is 12.4 Å². The predicted octanol–water partition coefficient (Wildman–Crippen LogP) is 1.65. The average molecular weight is 321 g/mol. The number of halogens is 1. The monoisotopic (exact) mass is 321 g/mol. The zero-order valence-corrected chi connectivity index (χ0v) is 11.2. The topological polar surface area (TPSA) is 46.9 Å². The summed E-state index contributed by atoms with van der Waals surface area (Å²) in [7, 11) is 0. The standard InChI is InChI=1S/C10H16IN3O/c1-8(2)5-12-10(15)3-4-14-7-9(11)6-13-14/h6-8H,3-5H2,1-2H3,(H,12,15). The third-order valence-electron chi connectivity index (χ3n) is 1.88. The van der Waals surface area contributed by atoms with E-state index in [2.05, 4.69) is 46.9 Å².